The Morgan fingerprint density at radius 2 is 1.68 bits per heavy atom. The van der Waals surface area contributed by atoms with E-state index in [4.69, 9.17) is 11.6 Å². The highest BCUT2D eigenvalue weighted by atomic mass is 35.5. The van der Waals surface area contributed by atoms with Gasteiger partial charge in [0.25, 0.3) is 5.91 Å². The first kappa shape index (κ1) is 17.2. The summed E-state index contributed by atoms with van der Waals surface area (Å²) >= 11 is 5.76. The van der Waals surface area contributed by atoms with Crippen molar-refractivity contribution in [2.45, 2.75) is 13.0 Å². The highest BCUT2D eigenvalue weighted by molar-refractivity contribution is 6.30. The van der Waals surface area contributed by atoms with E-state index in [-0.39, 0.29) is 16.6 Å². The number of rotatable bonds is 4. The molecule has 0 saturated carbocycles. The van der Waals surface area contributed by atoms with E-state index in [1.54, 1.807) is 0 Å². The molecular weight excluding hydrogens is 337 g/mol. The molecule has 0 aliphatic rings. The first-order chi connectivity index (χ1) is 12.0. The molecule has 3 aromatic rings. The van der Waals surface area contributed by atoms with Crippen molar-refractivity contribution in [3.05, 3.63) is 106 Å². The number of hydrogen-bond donors (Lipinski definition) is 1. The van der Waals surface area contributed by atoms with Crippen LogP contribution in [0.2, 0.25) is 5.02 Å². The molecule has 3 aromatic carbocycles. The molecule has 0 spiro atoms. The van der Waals surface area contributed by atoms with Gasteiger partial charge in [0.1, 0.15) is 5.82 Å². The van der Waals surface area contributed by atoms with Crippen molar-refractivity contribution >= 4 is 17.5 Å². The first-order valence-corrected chi connectivity index (χ1v) is 8.30. The van der Waals surface area contributed by atoms with Gasteiger partial charge in [-0.25, -0.2) is 4.39 Å². The van der Waals surface area contributed by atoms with E-state index in [0.717, 1.165) is 22.8 Å². The summed E-state index contributed by atoms with van der Waals surface area (Å²) in [6, 6.07) is 21.2. The third kappa shape index (κ3) is 4.06. The van der Waals surface area contributed by atoms with Crippen LogP contribution in [0, 0.1) is 12.7 Å². The van der Waals surface area contributed by atoms with E-state index in [1.807, 2.05) is 61.5 Å². The Labute approximate surface area is 151 Å². The number of halogens is 2. The molecule has 2 nitrogen and oxygen atoms in total. The average Bonchev–Trinajstić information content (AvgIpc) is 2.60. The van der Waals surface area contributed by atoms with Crippen molar-refractivity contribution in [1.82, 2.24) is 5.32 Å². The second-order valence-electron chi connectivity index (χ2n) is 5.86. The SMILES string of the molecule is Cc1cccc([C@@H](NC(=O)c2ccc(Cl)cc2F)c2ccccc2)c1. The maximum atomic E-state index is 14.1. The van der Waals surface area contributed by atoms with Gasteiger partial charge < -0.3 is 5.32 Å². The molecule has 25 heavy (non-hydrogen) atoms. The third-order valence-corrected chi connectivity index (χ3v) is 4.19. The minimum absolute atomic E-state index is 0.0296. The van der Waals surface area contributed by atoms with Crippen LogP contribution in [0.3, 0.4) is 0 Å². The maximum Gasteiger partial charge on any atom is 0.255 e. The van der Waals surface area contributed by atoms with Crippen LogP contribution in [-0.2, 0) is 0 Å². The Kier molecular flexibility index (Phi) is 5.15. The number of carbonyl (C=O) groups is 1. The predicted molar refractivity (Wildman–Crippen MR) is 98.3 cm³/mol. The maximum absolute atomic E-state index is 14.1. The molecule has 0 heterocycles. The normalized spacial score (nSPS) is 11.8. The minimum atomic E-state index is -0.638. The van der Waals surface area contributed by atoms with Gasteiger partial charge in [0.15, 0.2) is 0 Å². The summed E-state index contributed by atoms with van der Waals surface area (Å²) in [5, 5.41) is 3.19. The van der Waals surface area contributed by atoms with Gasteiger partial charge in [0, 0.05) is 5.02 Å². The van der Waals surface area contributed by atoms with Crippen LogP contribution in [-0.4, -0.2) is 5.91 Å². The van der Waals surface area contributed by atoms with Crippen LogP contribution in [0.5, 0.6) is 0 Å². The molecule has 0 aliphatic carbocycles. The van der Waals surface area contributed by atoms with Crippen molar-refractivity contribution in [3.8, 4) is 0 Å². The fourth-order valence-electron chi connectivity index (χ4n) is 2.74. The number of benzene rings is 3. The van der Waals surface area contributed by atoms with Gasteiger partial charge in [-0.2, -0.15) is 0 Å². The molecule has 0 saturated heterocycles. The van der Waals surface area contributed by atoms with Crippen molar-refractivity contribution < 1.29 is 9.18 Å². The lowest BCUT2D eigenvalue weighted by Crippen LogP contribution is -2.30. The summed E-state index contributed by atoms with van der Waals surface area (Å²) in [6.45, 7) is 1.99. The van der Waals surface area contributed by atoms with Crippen LogP contribution < -0.4 is 5.32 Å². The number of nitrogens with one attached hydrogen (secondary N) is 1. The lowest BCUT2D eigenvalue weighted by atomic mass is 9.97. The number of aryl methyl sites for hydroxylation is 1. The summed E-state index contributed by atoms with van der Waals surface area (Å²) in [6.07, 6.45) is 0. The zero-order chi connectivity index (χ0) is 17.8. The van der Waals surface area contributed by atoms with Gasteiger partial charge in [0.05, 0.1) is 11.6 Å². The Balaban J connectivity index is 1.96. The predicted octanol–water partition coefficient (Wildman–Crippen LogP) is 5.31. The second kappa shape index (κ2) is 7.49. The zero-order valence-corrected chi connectivity index (χ0v) is 14.4. The topological polar surface area (TPSA) is 29.1 Å². The average molecular weight is 354 g/mol. The first-order valence-electron chi connectivity index (χ1n) is 7.92. The molecular formula is C21H17ClFNO. The minimum Gasteiger partial charge on any atom is -0.341 e. The highest BCUT2D eigenvalue weighted by Gasteiger charge is 2.20. The summed E-state index contributed by atoms with van der Waals surface area (Å²) in [7, 11) is 0. The smallest absolute Gasteiger partial charge is 0.255 e. The van der Waals surface area contributed by atoms with Crippen LogP contribution in [0.25, 0.3) is 0 Å². The second-order valence-corrected chi connectivity index (χ2v) is 6.29. The summed E-state index contributed by atoms with van der Waals surface area (Å²) in [5.41, 5.74) is 2.92. The van der Waals surface area contributed by atoms with Crippen molar-refractivity contribution in [3.63, 3.8) is 0 Å². The van der Waals surface area contributed by atoms with Gasteiger partial charge in [-0.15, -0.1) is 0 Å². The van der Waals surface area contributed by atoms with Gasteiger partial charge in [-0.1, -0.05) is 71.8 Å². The van der Waals surface area contributed by atoms with Gasteiger partial charge in [0.2, 0.25) is 0 Å². The quantitative estimate of drug-likeness (QED) is 0.677. The van der Waals surface area contributed by atoms with Crippen molar-refractivity contribution in [2.75, 3.05) is 0 Å². The molecule has 4 heteroatoms. The van der Waals surface area contributed by atoms with E-state index in [2.05, 4.69) is 5.32 Å². The Bertz CT molecular complexity index is 895. The van der Waals surface area contributed by atoms with E-state index >= 15 is 0 Å². The molecule has 1 amide bonds. The Hall–Kier alpha value is -2.65. The highest BCUT2D eigenvalue weighted by Crippen LogP contribution is 2.24. The largest absolute Gasteiger partial charge is 0.341 e. The van der Waals surface area contributed by atoms with E-state index < -0.39 is 11.7 Å². The zero-order valence-electron chi connectivity index (χ0n) is 13.7. The van der Waals surface area contributed by atoms with Gasteiger partial charge >= 0.3 is 0 Å². The van der Waals surface area contributed by atoms with E-state index in [0.29, 0.717) is 0 Å². The Morgan fingerprint density at radius 1 is 0.960 bits per heavy atom. The van der Waals surface area contributed by atoms with Crippen molar-refractivity contribution in [1.29, 1.82) is 0 Å². The molecule has 0 radical (unpaired) electrons. The molecule has 1 N–H and O–H groups in total. The molecule has 0 unspecified atom stereocenters. The molecule has 1 atom stereocenters. The monoisotopic (exact) mass is 353 g/mol. The fraction of sp³-hybridized carbons (Fsp3) is 0.0952. The van der Waals surface area contributed by atoms with E-state index in [1.165, 1.54) is 12.1 Å². The molecule has 0 bridgehead atoms. The number of hydrogen-bond acceptors (Lipinski definition) is 1. The summed E-state index contributed by atoms with van der Waals surface area (Å²) in [5.74, 6) is -1.12. The van der Waals surface area contributed by atoms with Crippen molar-refractivity contribution in [2.24, 2.45) is 0 Å². The van der Waals surface area contributed by atoms with Crippen LogP contribution in [0.1, 0.15) is 33.1 Å². The fourth-order valence-corrected chi connectivity index (χ4v) is 2.90. The van der Waals surface area contributed by atoms with E-state index in [9.17, 15) is 9.18 Å². The molecule has 3 rings (SSSR count). The third-order valence-electron chi connectivity index (χ3n) is 3.96. The molecule has 0 aromatic heterocycles. The Morgan fingerprint density at radius 3 is 2.36 bits per heavy atom. The standard InChI is InChI=1S/C21H17ClFNO/c1-14-6-5-9-16(12-14)20(15-7-3-2-4-8-15)24-21(25)18-11-10-17(22)13-19(18)23/h2-13,20H,1H3,(H,24,25)/t20-/m0/s1. The molecule has 0 aliphatic heterocycles. The van der Waals surface area contributed by atoms with Crippen LogP contribution >= 0.6 is 11.6 Å². The summed E-state index contributed by atoms with van der Waals surface area (Å²) < 4.78 is 14.1. The van der Waals surface area contributed by atoms with Crippen LogP contribution in [0.15, 0.2) is 72.8 Å². The number of carbonyl (C=O) groups excluding carboxylic acids is 1. The lowest BCUT2D eigenvalue weighted by Gasteiger charge is -2.20. The van der Waals surface area contributed by atoms with Gasteiger partial charge in [-0.3, -0.25) is 4.79 Å². The number of amides is 1. The molecule has 126 valence electrons. The molecule has 0 fully saturated rings. The van der Waals surface area contributed by atoms with Gasteiger partial charge in [-0.05, 0) is 36.2 Å². The van der Waals surface area contributed by atoms with Crippen LogP contribution in [0.4, 0.5) is 4.39 Å². The lowest BCUT2D eigenvalue weighted by molar-refractivity contribution is 0.0939. The summed E-state index contributed by atoms with van der Waals surface area (Å²) in [4.78, 5) is 12.6.